The van der Waals surface area contributed by atoms with Crippen molar-refractivity contribution in [3.8, 4) is 0 Å². The molecule has 6 nitrogen and oxygen atoms in total. The van der Waals surface area contributed by atoms with E-state index >= 15 is 0 Å². The van der Waals surface area contributed by atoms with Gasteiger partial charge in [0.1, 0.15) is 5.69 Å². The number of imidazole rings is 1. The van der Waals surface area contributed by atoms with Gasteiger partial charge in [0, 0.05) is 26.2 Å². The molecule has 1 unspecified atom stereocenters. The number of carbonyl (C=O) groups excluding carboxylic acids is 2. The second-order valence-electron chi connectivity index (χ2n) is 7.14. The van der Waals surface area contributed by atoms with Gasteiger partial charge in [-0.1, -0.05) is 13.3 Å². The van der Waals surface area contributed by atoms with Crippen LogP contribution in [0.15, 0.2) is 6.33 Å². The molecule has 1 aliphatic carbocycles. The van der Waals surface area contributed by atoms with Crippen LogP contribution in [-0.4, -0.2) is 45.9 Å². The Morgan fingerprint density at radius 3 is 2.83 bits per heavy atom. The number of nitrogens with one attached hydrogen (secondary N) is 1. The Morgan fingerprint density at radius 1 is 1.38 bits per heavy atom. The largest absolute Gasteiger partial charge is 0.353 e. The Kier molecular flexibility index (Phi) is 5.21. The van der Waals surface area contributed by atoms with Crippen LogP contribution in [0, 0.1) is 5.92 Å². The summed E-state index contributed by atoms with van der Waals surface area (Å²) < 4.78 is 2.00. The summed E-state index contributed by atoms with van der Waals surface area (Å²) in [5.74, 6) is 0.148. The molecule has 0 radical (unpaired) electrons. The van der Waals surface area contributed by atoms with Crippen LogP contribution in [0.1, 0.15) is 61.6 Å². The molecule has 24 heavy (non-hydrogen) atoms. The number of rotatable bonds is 6. The van der Waals surface area contributed by atoms with Crippen LogP contribution in [0.4, 0.5) is 0 Å². The first kappa shape index (κ1) is 17.0. The molecule has 0 saturated heterocycles. The van der Waals surface area contributed by atoms with Gasteiger partial charge in [0.25, 0.3) is 5.91 Å². The Labute approximate surface area is 143 Å². The van der Waals surface area contributed by atoms with E-state index in [2.05, 4.69) is 17.2 Å². The molecule has 6 heteroatoms. The van der Waals surface area contributed by atoms with E-state index in [1.807, 2.05) is 11.6 Å². The van der Waals surface area contributed by atoms with Gasteiger partial charge in [-0.25, -0.2) is 4.98 Å². The molecular weight excluding hydrogens is 304 g/mol. The normalized spacial score (nSPS) is 20.2. The predicted octanol–water partition coefficient (Wildman–Crippen LogP) is 1.99. The number of nitrogens with zero attached hydrogens (tertiary/aromatic N) is 3. The highest BCUT2D eigenvalue weighted by molar-refractivity contribution is 5.93. The third-order valence-corrected chi connectivity index (χ3v) is 5.31. The third kappa shape index (κ3) is 3.47. The maximum absolute atomic E-state index is 12.6. The van der Waals surface area contributed by atoms with Gasteiger partial charge >= 0.3 is 0 Å². The Bertz CT molecular complexity index is 606. The molecule has 1 aromatic heterocycles. The topological polar surface area (TPSA) is 67.2 Å². The Balaban J connectivity index is 1.63. The van der Waals surface area contributed by atoms with Crippen LogP contribution in [0.2, 0.25) is 0 Å². The summed E-state index contributed by atoms with van der Waals surface area (Å²) in [4.78, 5) is 31.0. The zero-order valence-electron chi connectivity index (χ0n) is 14.8. The summed E-state index contributed by atoms with van der Waals surface area (Å²) >= 11 is 0. The summed E-state index contributed by atoms with van der Waals surface area (Å²) in [6.07, 6.45) is 8.76. The van der Waals surface area contributed by atoms with Crippen LogP contribution < -0.4 is 5.32 Å². The van der Waals surface area contributed by atoms with Crippen LogP contribution in [0.25, 0.3) is 0 Å². The van der Waals surface area contributed by atoms with E-state index < -0.39 is 0 Å². The average molecular weight is 332 g/mol. The maximum atomic E-state index is 12.6. The van der Waals surface area contributed by atoms with Crippen molar-refractivity contribution in [1.82, 2.24) is 19.8 Å². The second-order valence-corrected chi connectivity index (χ2v) is 7.14. The molecule has 2 aliphatic rings. The van der Waals surface area contributed by atoms with Crippen molar-refractivity contribution in [2.75, 3.05) is 13.6 Å². The average Bonchev–Trinajstić information content (AvgIpc) is 2.98. The quantitative estimate of drug-likeness (QED) is 0.866. The standard InChI is InChI=1S/C18H28N4O2/c1-3-4-10-21(2)18(24)16-15-9-8-13(11-22(15)12-19-16)17(23)20-14-6-5-7-14/h12-14H,3-11H2,1-2H3,(H,20,23). The summed E-state index contributed by atoms with van der Waals surface area (Å²) in [6.45, 7) is 3.51. The minimum atomic E-state index is -0.00641. The predicted molar refractivity (Wildman–Crippen MR) is 91.7 cm³/mol. The number of amides is 2. The smallest absolute Gasteiger partial charge is 0.274 e. The fourth-order valence-electron chi connectivity index (χ4n) is 3.41. The number of unbranched alkanes of at least 4 members (excludes halogenated alkanes) is 1. The summed E-state index contributed by atoms with van der Waals surface area (Å²) in [6, 6.07) is 0.381. The molecule has 1 aromatic rings. The second kappa shape index (κ2) is 7.36. The maximum Gasteiger partial charge on any atom is 0.274 e. The highest BCUT2D eigenvalue weighted by Gasteiger charge is 2.31. The van der Waals surface area contributed by atoms with E-state index in [1.165, 1.54) is 6.42 Å². The van der Waals surface area contributed by atoms with E-state index in [9.17, 15) is 9.59 Å². The minimum Gasteiger partial charge on any atom is -0.353 e. The van der Waals surface area contributed by atoms with E-state index in [4.69, 9.17) is 0 Å². The third-order valence-electron chi connectivity index (χ3n) is 5.31. The van der Waals surface area contributed by atoms with Gasteiger partial charge in [0.2, 0.25) is 5.91 Å². The molecule has 3 rings (SSSR count). The molecule has 1 atom stereocenters. The van der Waals surface area contributed by atoms with Crippen molar-refractivity contribution in [1.29, 1.82) is 0 Å². The fourth-order valence-corrected chi connectivity index (χ4v) is 3.41. The molecule has 0 spiro atoms. The molecule has 1 saturated carbocycles. The van der Waals surface area contributed by atoms with Crippen molar-refractivity contribution in [2.45, 2.75) is 64.5 Å². The van der Waals surface area contributed by atoms with Gasteiger partial charge in [-0.15, -0.1) is 0 Å². The number of hydrogen-bond acceptors (Lipinski definition) is 3. The number of carbonyl (C=O) groups is 2. The molecule has 2 heterocycles. The van der Waals surface area contributed by atoms with Gasteiger partial charge in [-0.2, -0.15) is 0 Å². The van der Waals surface area contributed by atoms with E-state index in [1.54, 1.807) is 11.2 Å². The van der Waals surface area contributed by atoms with Gasteiger partial charge in [0.05, 0.1) is 17.9 Å². The van der Waals surface area contributed by atoms with Crippen molar-refractivity contribution >= 4 is 11.8 Å². The first-order valence-corrected chi connectivity index (χ1v) is 9.20. The lowest BCUT2D eigenvalue weighted by Crippen LogP contribution is -2.44. The first-order chi connectivity index (χ1) is 11.6. The number of aromatic nitrogens is 2. The lowest BCUT2D eigenvalue weighted by atomic mass is 9.91. The highest BCUT2D eigenvalue weighted by atomic mass is 16.2. The van der Waals surface area contributed by atoms with Crippen LogP contribution in [0.5, 0.6) is 0 Å². The van der Waals surface area contributed by atoms with Crippen LogP contribution >= 0.6 is 0 Å². The Morgan fingerprint density at radius 2 is 2.17 bits per heavy atom. The lowest BCUT2D eigenvalue weighted by molar-refractivity contribution is -0.127. The lowest BCUT2D eigenvalue weighted by Gasteiger charge is -2.30. The summed E-state index contributed by atoms with van der Waals surface area (Å²) in [5.41, 5.74) is 1.54. The molecular formula is C18H28N4O2. The van der Waals surface area contributed by atoms with Gasteiger partial charge < -0.3 is 14.8 Å². The van der Waals surface area contributed by atoms with Crippen molar-refractivity contribution < 1.29 is 9.59 Å². The van der Waals surface area contributed by atoms with Crippen LogP contribution in [0.3, 0.4) is 0 Å². The molecule has 1 fully saturated rings. The SMILES string of the molecule is CCCCN(C)C(=O)c1ncn2c1CCC(C(=O)NC1CCC1)C2. The molecule has 0 aromatic carbocycles. The fraction of sp³-hybridized carbons (Fsp3) is 0.722. The van der Waals surface area contributed by atoms with Gasteiger partial charge in [-0.3, -0.25) is 9.59 Å². The van der Waals surface area contributed by atoms with E-state index in [-0.39, 0.29) is 17.7 Å². The molecule has 0 bridgehead atoms. The summed E-state index contributed by atoms with van der Waals surface area (Å²) in [7, 11) is 1.83. The zero-order valence-corrected chi connectivity index (χ0v) is 14.8. The monoisotopic (exact) mass is 332 g/mol. The molecule has 1 aliphatic heterocycles. The van der Waals surface area contributed by atoms with Crippen molar-refractivity contribution in [2.24, 2.45) is 5.92 Å². The van der Waals surface area contributed by atoms with E-state index in [0.29, 0.717) is 18.3 Å². The molecule has 2 amide bonds. The molecule has 132 valence electrons. The Hall–Kier alpha value is -1.85. The number of hydrogen-bond donors (Lipinski definition) is 1. The van der Waals surface area contributed by atoms with Gasteiger partial charge in [-0.05, 0) is 38.5 Å². The highest BCUT2D eigenvalue weighted by Crippen LogP contribution is 2.25. The zero-order chi connectivity index (χ0) is 17.1. The van der Waals surface area contributed by atoms with Crippen molar-refractivity contribution in [3.63, 3.8) is 0 Å². The first-order valence-electron chi connectivity index (χ1n) is 9.20. The minimum absolute atomic E-state index is 0.00503. The van der Waals surface area contributed by atoms with E-state index in [0.717, 1.165) is 50.8 Å². The van der Waals surface area contributed by atoms with Crippen molar-refractivity contribution in [3.05, 3.63) is 17.7 Å². The summed E-state index contributed by atoms with van der Waals surface area (Å²) in [5, 5.41) is 3.14. The number of fused-ring (bicyclic) bond motifs is 1. The van der Waals surface area contributed by atoms with Crippen LogP contribution in [-0.2, 0) is 17.8 Å². The molecule has 1 N–H and O–H groups in total. The van der Waals surface area contributed by atoms with Gasteiger partial charge in [0.15, 0.2) is 0 Å².